The van der Waals surface area contributed by atoms with E-state index in [1.807, 2.05) is 24.5 Å². The van der Waals surface area contributed by atoms with Crippen molar-refractivity contribution < 1.29 is 0 Å². The van der Waals surface area contributed by atoms with Crippen LogP contribution in [-0.4, -0.2) is 33.6 Å². The van der Waals surface area contributed by atoms with Gasteiger partial charge < -0.3 is 4.57 Å². The summed E-state index contributed by atoms with van der Waals surface area (Å²) < 4.78 is 6.97. The topological polar surface area (TPSA) is 66.3 Å². The predicted molar refractivity (Wildman–Crippen MR) is 276 cm³/mol. The van der Waals surface area contributed by atoms with E-state index in [4.69, 9.17) is 19.9 Å². The van der Waals surface area contributed by atoms with Crippen LogP contribution in [0, 0.1) is 27.7 Å². The number of rotatable bonds is 6. The van der Waals surface area contributed by atoms with Crippen LogP contribution in [0.1, 0.15) is 22.5 Å². The Morgan fingerprint density at radius 2 is 0.881 bits per heavy atom. The van der Waals surface area contributed by atoms with Crippen molar-refractivity contribution in [3.8, 4) is 50.7 Å². The Labute approximate surface area is 386 Å². The highest BCUT2D eigenvalue weighted by Crippen LogP contribution is 2.45. The number of aryl methyl sites for hydroxylation is 4. The van der Waals surface area contributed by atoms with E-state index in [0.717, 1.165) is 106 Å². The van der Waals surface area contributed by atoms with E-state index in [1.54, 1.807) is 0 Å². The zero-order valence-electron chi connectivity index (χ0n) is 37.5. The molecule has 0 amide bonds. The van der Waals surface area contributed by atoms with Crippen LogP contribution in [-0.2, 0) is 0 Å². The second-order valence-corrected chi connectivity index (χ2v) is 17.8. The molecule has 0 aliphatic carbocycles. The number of para-hydroxylation sites is 2. The Hall–Kier alpha value is -8.68. The van der Waals surface area contributed by atoms with Crippen LogP contribution in [0.15, 0.2) is 188 Å². The summed E-state index contributed by atoms with van der Waals surface area (Å²) in [5.74, 6) is 0.750. The maximum Gasteiger partial charge on any atom is 0.164 e. The molecule has 6 aromatic carbocycles. The summed E-state index contributed by atoms with van der Waals surface area (Å²) in [6.07, 6.45) is 3.77. The largest absolute Gasteiger partial charge is 0.309 e. The molecule has 7 heteroatoms. The summed E-state index contributed by atoms with van der Waals surface area (Å²) in [6, 6.07) is 63.3. The first-order valence-corrected chi connectivity index (χ1v) is 22.8. The molecule has 0 spiro atoms. The van der Waals surface area contributed by atoms with Gasteiger partial charge in [-0.05, 0) is 135 Å². The fourth-order valence-corrected chi connectivity index (χ4v) is 10.6. The van der Waals surface area contributed by atoms with Gasteiger partial charge in [0.05, 0.1) is 33.4 Å². The molecule has 0 aliphatic heterocycles. The Bertz CT molecular complexity index is 3960. The van der Waals surface area contributed by atoms with Crippen molar-refractivity contribution in [2.24, 2.45) is 0 Å². The van der Waals surface area contributed by atoms with Crippen molar-refractivity contribution in [2.75, 3.05) is 0 Å². The second-order valence-electron chi connectivity index (χ2n) is 17.8. The molecule has 7 aromatic heterocycles. The summed E-state index contributed by atoms with van der Waals surface area (Å²) in [4.78, 5) is 20.9. The van der Waals surface area contributed by atoms with Crippen molar-refractivity contribution >= 4 is 65.7 Å². The van der Waals surface area contributed by atoms with Gasteiger partial charge >= 0.3 is 0 Å². The van der Waals surface area contributed by atoms with Gasteiger partial charge in [0.1, 0.15) is 11.3 Å². The molecule has 0 atom stereocenters. The van der Waals surface area contributed by atoms with E-state index in [1.165, 1.54) is 32.9 Å². The number of benzene rings is 6. The van der Waals surface area contributed by atoms with Crippen LogP contribution in [0.2, 0.25) is 0 Å². The van der Waals surface area contributed by atoms with Crippen LogP contribution < -0.4 is 0 Å². The van der Waals surface area contributed by atoms with Crippen LogP contribution >= 0.6 is 0 Å². The Kier molecular flexibility index (Phi) is 8.64. The molecule has 13 rings (SSSR count). The third kappa shape index (κ3) is 6.05. The van der Waals surface area contributed by atoms with Crippen LogP contribution in [0.4, 0.5) is 0 Å². The van der Waals surface area contributed by atoms with E-state index in [0.29, 0.717) is 0 Å². The fraction of sp³-hybridized carbons (Fsp3) is 0.0667. The first-order valence-electron chi connectivity index (χ1n) is 22.8. The Morgan fingerprint density at radius 1 is 0.358 bits per heavy atom. The molecular weight excluding hydrogens is 819 g/mol. The summed E-state index contributed by atoms with van der Waals surface area (Å²) in [6.45, 7) is 8.46. The number of hydrogen-bond acceptors (Lipinski definition) is 4. The molecule has 0 aliphatic rings. The summed E-state index contributed by atoms with van der Waals surface area (Å²) in [5.41, 5.74) is 18.6. The molecule has 0 saturated carbocycles. The highest BCUT2D eigenvalue weighted by Gasteiger charge is 2.27. The number of fused-ring (bicyclic) bond motifs is 9. The van der Waals surface area contributed by atoms with Gasteiger partial charge in [0.2, 0.25) is 0 Å². The lowest BCUT2D eigenvalue weighted by atomic mass is 9.92. The van der Waals surface area contributed by atoms with Gasteiger partial charge in [-0.1, -0.05) is 96.1 Å². The Balaban J connectivity index is 1.16. The van der Waals surface area contributed by atoms with Crippen molar-refractivity contribution in [1.29, 1.82) is 0 Å². The third-order valence-electron chi connectivity index (χ3n) is 13.4. The molecule has 13 aromatic rings. The average molecular weight is 862 g/mol. The number of nitrogens with zero attached hydrogens (tertiary/aromatic N) is 7. The molecule has 0 radical (unpaired) electrons. The van der Waals surface area contributed by atoms with E-state index < -0.39 is 0 Å². The molecule has 0 saturated heterocycles. The molecule has 318 valence electrons. The molecule has 67 heavy (non-hydrogen) atoms. The van der Waals surface area contributed by atoms with Gasteiger partial charge in [-0.15, -0.1) is 0 Å². The van der Waals surface area contributed by atoms with Crippen molar-refractivity contribution in [2.45, 2.75) is 27.7 Å². The summed E-state index contributed by atoms with van der Waals surface area (Å²) in [7, 11) is 0. The van der Waals surface area contributed by atoms with E-state index in [9.17, 15) is 0 Å². The minimum atomic E-state index is 0.750. The Morgan fingerprint density at radius 3 is 1.51 bits per heavy atom. The molecule has 0 fully saturated rings. The third-order valence-corrected chi connectivity index (χ3v) is 13.4. The van der Waals surface area contributed by atoms with E-state index >= 15 is 0 Å². The van der Waals surface area contributed by atoms with Crippen LogP contribution in [0.3, 0.4) is 0 Å². The van der Waals surface area contributed by atoms with E-state index in [-0.39, 0.29) is 0 Å². The average Bonchev–Trinajstić information content (AvgIpc) is 3.98. The lowest BCUT2D eigenvalue weighted by molar-refractivity contribution is 1.01. The van der Waals surface area contributed by atoms with Crippen LogP contribution in [0.5, 0.6) is 0 Å². The highest BCUT2D eigenvalue weighted by atomic mass is 15.2. The van der Waals surface area contributed by atoms with Crippen molar-refractivity contribution in [3.05, 3.63) is 211 Å². The zero-order chi connectivity index (χ0) is 44.9. The summed E-state index contributed by atoms with van der Waals surface area (Å²) in [5, 5.41) is 6.86. The van der Waals surface area contributed by atoms with Gasteiger partial charge in [0.15, 0.2) is 5.82 Å². The monoisotopic (exact) mass is 861 g/mol. The second kappa shape index (κ2) is 14.9. The fourth-order valence-electron chi connectivity index (χ4n) is 10.6. The highest BCUT2D eigenvalue weighted by molar-refractivity contribution is 6.12. The molecule has 0 N–H and O–H groups in total. The molecule has 7 heterocycles. The number of hydrogen-bond donors (Lipinski definition) is 0. The first kappa shape index (κ1) is 38.8. The molecule has 0 bridgehead atoms. The molecular formula is C60H43N7. The standard InChI is InChI=1S/C60H43N7/c1-36-21-27-55-49(31-36)50-32-37(2)22-28-56(50)65(55)42-25-23-40(24-26-42)52-35-51(44-14-6-5-13-43(44)41-33-38(3)63-39(4)34-41)57(66-53-19-9-7-15-45(53)47-17-11-29-61-58(47)66)60(64-52)67-54-20-10-8-16-46(54)48-18-12-30-62-59(48)67/h5-35H,1-4H3. The maximum atomic E-state index is 5.84. The molecule has 0 unspecified atom stereocenters. The summed E-state index contributed by atoms with van der Waals surface area (Å²) >= 11 is 0. The van der Waals surface area contributed by atoms with Crippen molar-refractivity contribution in [1.82, 2.24) is 33.6 Å². The predicted octanol–water partition coefficient (Wildman–Crippen LogP) is 14.8. The minimum absolute atomic E-state index is 0.750. The van der Waals surface area contributed by atoms with Gasteiger partial charge in [-0.3, -0.25) is 14.1 Å². The number of pyridine rings is 4. The lowest BCUT2D eigenvalue weighted by Gasteiger charge is -2.22. The van der Waals surface area contributed by atoms with Gasteiger partial charge in [0, 0.05) is 72.9 Å². The van der Waals surface area contributed by atoms with Crippen molar-refractivity contribution in [3.63, 3.8) is 0 Å². The molecule has 7 nitrogen and oxygen atoms in total. The van der Waals surface area contributed by atoms with Gasteiger partial charge in [-0.25, -0.2) is 15.0 Å². The quantitative estimate of drug-likeness (QED) is 0.167. The van der Waals surface area contributed by atoms with E-state index in [2.05, 4.69) is 205 Å². The number of aromatic nitrogens is 7. The van der Waals surface area contributed by atoms with Gasteiger partial charge in [-0.2, -0.15) is 0 Å². The normalized spacial score (nSPS) is 11.9. The minimum Gasteiger partial charge on any atom is -0.309 e. The lowest BCUT2D eigenvalue weighted by Crippen LogP contribution is -2.10. The SMILES string of the molecule is Cc1ccc2c(c1)c1cc(C)ccc1n2-c1ccc(-c2cc(-c3ccccc3-c3cc(C)nc(C)c3)c(-n3c4ccccc4c4cccnc43)c(-n3c4ccccc4c4cccnc43)n2)cc1. The van der Waals surface area contributed by atoms with Crippen LogP contribution in [0.25, 0.3) is 116 Å². The zero-order valence-corrected chi connectivity index (χ0v) is 37.5. The van der Waals surface area contributed by atoms with Gasteiger partial charge in [0.25, 0.3) is 0 Å². The smallest absolute Gasteiger partial charge is 0.164 e. The maximum absolute atomic E-state index is 5.84. The first-order chi connectivity index (χ1) is 32.9.